The zero-order valence-electron chi connectivity index (χ0n) is 11.5. The van der Waals surface area contributed by atoms with Crippen molar-refractivity contribution in [2.45, 2.75) is 19.9 Å². The molecule has 3 N–H and O–H groups in total. The predicted molar refractivity (Wildman–Crippen MR) is 79.1 cm³/mol. The van der Waals surface area contributed by atoms with E-state index in [9.17, 15) is 10.2 Å². The molecule has 1 atom stereocenters. The Kier molecular flexibility index (Phi) is 6.07. The zero-order chi connectivity index (χ0) is 13.1. The van der Waals surface area contributed by atoms with Gasteiger partial charge in [0.1, 0.15) is 5.75 Å². The number of rotatable bonds is 3. The lowest BCUT2D eigenvalue weighted by atomic mass is 9.99. The van der Waals surface area contributed by atoms with Gasteiger partial charge in [0.05, 0.1) is 12.6 Å². The molecule has 0 bridgehead atoms. The highest BCUT2D eigenvalue weighted by Gasteiger charge is 2.22. The fourth-order valence-corrected chi connectivity index (χ4v) is 2.61. The number of benzene rings is 1. The van der Waals surface area contributed by atoms with Gasteiger partial charge in [-0.3, -0.25) is 4.90 Å². The van der Waals surface area contributed by atoms with Crippen LogP contribution < -0.4 is 5.32 Å². The van der Waals surface area contributed by atoms with E-state index in [-0.39, 0.29) is 25.1 Å². The number of aliphatic hydroxyl groups excluding tert-OH is 1. The molecule has 0 unspecified atom stereocenters. The van der Waals surface area contributed by atoms with Gasteiger partial charge in [0, 0.05) is 26.2 Å². The van der Waals surface area contributed by atoms with Gasteiger partial charge in [-0.1, -0.05) is 12.1 Å². The molecule has 108 valence electrons. The third-order valence-electron chi connectivity index (χ3n) is 3.66. The molecule has 4 nitrogen and oxygen atoms in total. The second-order valence-corrected chi connectivity index (χ2v) is 4.99. The Morgan fingerprint density at radius 2 is 1.74 bits per heavy atom. The van der Waals surface area contributed by atoms with Crippen molar-refractivity contribution in [3.8, 4) is 5.75 Å². The normalized spacial score (nSPS) is 17.8. The van der Waals surface area contributed by atoms with Gasteiger partial charge in [-0.25, -0.2) is 0 Å². The van der Waals surface area contributed by atoms with Gasteiger partial charge in [-0.05, 0) is 30.5 Å². The van der Waals surface area contributed by atoms with Gasteiger partial charge in [-0.2, -0.15) is 0 Å². The second-order valence-electron chi connectivity index (χ2n) is 4.99. The molecule has 1 aliphatic rings. The number of aryl methyl sites for hydroxylation is 2. The lowest BCUT2D eigenvalue weighted by Crippen LogP contribution is -2.46. The van der Waals surface area contributed by atoms with E-state index in [2.05, 4.69) is 10.2 Å². The van der Waals surface area contributed by atoms with Crippen molar-refractivity contribution in [3.63, 3.8) is 0 Å². The van der Waals surface area contributed by atoms with Crippen LogP contribution in [0, 0.1) is 13.8 Å². The van der Waals surface area contributed by atoms with Crippen LogP contribution in [0.5, 0.6) is 5.75 Å². The highest BCUT2D eigenvalue weighted by atomic mass is 35.5. The van der Waals surface area contributed by atoms with Gasteiger partial charge in [-0.15, -0.1) is 12.4 Å². The van der Waals surface area contributed by atoms with Gasteiger partial charge in [0.15, 0.2) is 0 Å². The summed E-state index contributed by atoms with van der Waals surface area (Å²) in [5, 5.41) is 22.8. The molecule has 1 saturated heterocycles. The first-order valence-corrected chi connectivity index (χ1v) is 6.49. The van der Waals surface area contributed by atoms with Gasteiger partial charge >= 0.3 is 0 Å². The molecule has 0 saturated carbocycles. The van der Waals surface area contributed by atoms with E-state index in [1.807, 2.05) is 26.0 Å². The van der Waals surface area contributed by atoms with E-state index in [1.165, 1.54) is 0 Å². The molecule has 2 rings (SSSR count). The minimum atomic E-state index is 0. The molecular weight excluding hydrogens is 264 g/mol. The van der Waals surface area contributed by atoms with E-state index in [0.29, 0.717) is 5.75 Å². The van der Waals surface area contributed by atoms with Crippen molar-refractivity contribution >= 4 is 12.4 Å². The Morgan fingerprint density at radius 1 is 1.21 bits per heavy atom. The first kappa shape index (κ1) is 16.2. The monoisotopic (exact) mass is 286 g/mol. The van der Waals surface area contributed by atoms with Gasteiger partial charge in [0.25, 0.3) is 0 Å². The average molecular weight is 287 g/mol. The summed E-state index contributed by atoms with van der Waals surface area (Å²) in [4.78, 5) is 2.29. The van der Waals surface area contributed by atoms with E-state index in [4.69, 9.17) is 0 Å². The summed E-state index contributed by atoms with van der Waals surface area (Å²) in [5.74, 6) is 0.357. The third-order valence-corrected chi connectivity index (χ3v) is 3.66. The Balaban J connectivity index is 0.00000180. The largest absolute Gasteiger partial charge is 0.507 e. The summed E-state index contributed by atoms with van der Waals surface area (Å²) in [7, 11) is 0. The molecule has 5 heteroatoms. The van der Waals surface area contributed by atoms with Gasteiger partial charge in [0.2, 0.25) is 0 Å². The van der Waals surface area contributed by atoms with E-state index >= 15 is 0 Å². The summed E-state index contributed by atoms with van der Waals surface area (Å²) in [6, 6.07) is 3.99. The molecule has 0 aromatic heterocycles. The van der Waals surface area contributed by atoms with Crippen LogP contribution in [0.25, 0.3) is 0 Å². The summed E-state index contributed by atoms with van der Waals surface area (Å²) in [6.45, 7) is 7.74. The molecule has 0 amide bonds. The quantitative estimate of drug-likeness (QED) is 0.786. The molecule has 0 radical (unpaired) electrons. The number of piperazine rings is 1. The molecule has 19 heavy (non-hydrogen) atoms. The summed E-state index contributed by atoms with van der Waals surface area (Å²) in [5.41, 5.74) is 2.84. The van der Waals surface area contributed by atoms with Crippen LogP contribution in [-0.4, -0.2) is 47.9 Å². The number of hydrogen-bond donors (Lipinski definition) is 3. The second kappa shape index (κ2) is 7.10. The Hall–Kier alpha value is -0.810. The van der Waals surface area contributed by atoms with Crippen LogP contribution in [0.3, 0.4) is 0 Å². The minimum Gasteiger partial charge on any atom is -0.507 e. The number of phenols is 1. The van der Waals surface area contributed by atoms with E-state index in [1.54, 1.807) is 0 Å². The van der Waals surface area contributed by atoms with Crippen LogP contribution in [0.15, 0.2) is 12.1 Å². The zero-order valence-corrected chi connectivity index (χ0v) is 12.3. The van der Waals surface area contributed by atoms with Crippen molar-refractivity contribution in [3.05, 3.63) is 28.8 Å². The SMILES string of the molecule is Cc1cc([C@H](CO)N2CCNCC2)cc(C)c1O.Cl. The lowest BCUT2D eigenvalue weighted by molar-refractivity contribution is 0.110. The van der Waals surface area contributed by atoms with Crippen LogP contribution >= 0.6 is 12.4 Å². The summed E-state index contributed by atoms with van der Waals surface area (Å²) >= 11 is 0. The lowest BCUT2D eigenvalue weighted by Gasteiger charge is -2.34. The van der Waals surface area contributed by atoms with E-state index in [0.717, 1.165) is 42.9 Å². The van der Waals surface area contributed by atoms with Crippen LogP contribution in [0.4, 0.5) is 0 Å². The number of halogens is 1. The third kappa shape index (κ3) is 3.60. The molecule has 1 fully saturated rings. The van der Waals surface area contributed by atoms with Gasteiger partial charge < -0.3 is 15.5 Å². The summed E-state index contributed by atoms with van der Waals surface area (Å²) < 4.78 is 0. The van der Waals surface area contributed by atoms with E-state index < -0.39 is 0 Å². The topological polar surface area (TPSA) is 55.7 Å². The Morgan fingerprint density at radius 3 is 2.21 bits per heavy atom. The molecule has 1 heterocycles. The fraction of sp³-hybridized carbons (Fsp3) is 0.571. The summed E-state index contributed by atoms with van der Waals surface area (Å²) in [6.07, 6.45) is 0. The number of nitrogens with zero attached hydrogens (tertiary/aromatic N) is 1. The van der Waals surface area contributed by atoms with Crippen molar-refractivity contribution in [1.82, 2.24) is 10.2 Å². The standard InChI is InChI=1S/C14H22N2O2.ClH/c1-10-7-12(8-11(2)14(10)18)13(9-17)16-5-3-15-4-6-16;/h7-8,13,15,17-18H,3-6,9H2,1-2H3;1H/t13-;/m0./s1. The highest BCUT2D eigenvalue weighted by molar-refractivity contribution is 5.85. The number of aliphatic hydroxyl groups is 1. The number of aromatic hydroxyl groups is 1. The average Bonchev–Trinajstić information content (AvgIpc) is 2.38. The maximum Gasteiger partial charge on any atom is 0.121 e. The van der Waals surface area contributed by atoms with Crippen LogP contribution in [-0.2, 0) is 0 Å². The Labute approximate surface area is 120 Å². The predicted octanol–water partition coefficient (Wildman–Crippen LogP) is 1.37. The number of phenolic OH excluding ortho intramolecular Hbond substituents is 1. The fourth-order valence-electron chi connectivity index (χ4n) is 2.61. The molecule has 1 aliphatic heterocycles. The molecule has 0 spiro atoms. The molecule has 1 aromatic carbocycles. The first-order chi connectivity index (χ1) is 8.63. The maximum atomic E-state index is 9.81. The number of hydrogen-bond acceptors (Lipinski definition) is 4. The minimum absolute atomic E-state index is 0. The van der Waals surface area contributed by atoms with Crippen molar-refractivity contribution < 1.29 is 10.2 Å². The number of nitrogens with one attached hydrogen (secondary N) is 1. The van der Waals surface area contributed by atoms with Crippen molar-refractivity contribution in [2.24, 2.45) is 0 Å². The molecule has 1 aromatic rings. The Bertz CT molecular complexity index is 397. The smallest absolute Gasteiger partial charge is 0.121 e. The highest BCUT2D eigenvalue weighted by Crippen LogP contribution is 2.28. The van der Waals surface area contributed by atoms with Crippen molar-refractivity contribution in [1.29, 1.82) is 0 Å². The first-order valence-electron chi connectivity index (χ1n) is 6.49. The van der Waals surface area contributed by atoms with Crippen molar-refractivity contribution in [2.75, 3.05) is 32.8 Å². The molecular formula is C14H23ClN2O2. The van der Waals surface area contributed by atoms with Crippen LogP contribution in [0.1, 0.15) is 22.7 Å². The van der Waals surface area contributed by atoms with Crippen LogP contribution in [0.2, 0.25) is 0 Å². The molecule has 0 aliphatic carbocycles. The maximum absolute atomic E-state index is 9.81.